The lowest BCUT2D eigenvalue weighted by atomic mass is 10.2. The van der Waals surface area contributed by atoms with Crippen molar-refractivity contribution >= 4 is 28.9 Å². The Labute approximate surface area is 83.5 Å². The molecule has 1 aromatic carbocycles. The van der Waals surface area contributed by atoms with Crippen LogP contribution < -0.4 is 4.74 Å². The summed E-state index contributed by atoms with van der Waals surface area (Å²) in [6, 6.07) is 3.33. The van der Waals surface area contributed by atoms with Crippen LogP contribution in [0.1, 0.15) is 10.4 Å². The van der Waals surface area contributed by atoms with Crippen molar-refractivity contribution in [3.8, 4) is 11.5 Å². The fraction of sp³-hybridized carbons (Fsp3) is 0.125. The summed E-state index contributed by atoms with van der Waals surface area (Å²) in [4.78, 5) is 10.5. The number of carbonyl (C=O) groups is 1. The van der Waals surface area contributed by atoms with Crippen molar-refractivity contribution in [2.24, 2.45) is 0 Å². The second kappa shape index (κ2) is 3.75. The maximum absolute atomic E-state index is 10.5. The van der Waals surface area contributed by atoms with Crippen LogP contribution in [-0.2, 0) is 0 Å². The molecule has 0 aliphatic heterocycles. The molecule has 0 atom stereocenters. The number of phenols is 1. The van der Waals surface area contributed by atoms with E-state index in [0.717, 1.165) is 0 Å². The molecule has 0 unspecified atom stereocenters. The number of aldehydes is 1. The van der Waals surface area contributed by atoms with Crippen molar-refractivity contribution in [1.82, 2.24) is 0 Å². The zero-order valence-corrected chi connectivity index (χ0v) is 8.53. The van der Waals surface area contributed by atoms with Crippen molar-refractivity contribution in [3.05, 3.63) is 21.3 Å². The molecule has 0 fully saturated rings. The van der Waals surface area contributed by atoms with E-state index in [4.69, 9.17) is 4.74 Å². The minimum atomic E-state index is -0.0232. The first kappa shape index (κ1) is 9.31. The maximum Gasteiger partial charge on any atom is 0.157 e. The van der Waals surface area contributed by atoms with Gasteiger partial charge in [-0.25, -0.2) is 0 Å². The Morgan fingerprint density at radius 2 is 2.25 bits per heavy atom. The summed E-state index contributed by atoms with van der Waals surface area (Å²) >= 11 is 1.94. The average molecular weight is 278 g/mol. The molecule has 1 N–H and O–H groups in total. The summed E-state index contributed by atoms with van der Waals surface area (Å²) in [7, 11) is 1.45. The van der Waals surface area contributed by atoms with Gasteiger partial charge in [-0.2, -0.15) is 0 Å². The van der Waals surface area contributed by atoms with E-state index in [0.29, 0.717) is 15.6 Å². The lowest BCUT2D eigenvalue weighted by molar-refractivity contribution is 0.111. The molecule has 0 bridgehead atoms. The highest BCUT2D eigenvalue weighted by Gasteiger charge is 2.09. The third-order valence-electron chi connectivity index (χ3n) is 1.47. The van der Waals surface area contributed by atoms with Crippen LogP contribution in [-0.4, -0.2) is 18.5 Å². The number of halogens is 1. The highest BCUT2D eigenvalue weighted by Crippen LogP contribution is 2.30. The SMILES string of the molecule is COc1ccc(I)c(O)c1C=O. The van der Waals surface area contributed by atoms with Gasteiger partial charge in [0.15, 0.2) is 6.29 Å². The van der Waals surface area contributed by atoms with Crippen molar-refractivity contribution in [2.45, 2.75) is 0 Å². The number of hydrogen-bond acceptors (Lipinski definition) is 3. The van der Waals surface area contributed by atoms with Crippen LogP contribution in [0.3, 0.4) is 0 Å². The summed E-state index contributed by atoms with van der Waals surface area (Å²) in [5, 5.41) is 9.39. The van der Waals surface area contributed by atoms with Gasteiger partial charge in [0.2, 0.25) is 0 Å². The van der Waals surface area contributed by atoms with Gasteiger partial charge in [0.05, 0.1) is 16.2 Å². The van der Waals surface area contributed by atoms with E-state index in [9.17, 15) is 9.90 Å². The van der Waals surface area contributed by atoms with E-state index in [2.05, 4.69) is 0 Å². The topological polar surface area (TPSA) is 46.5 Å². The van der Waals surface area contributed by atoms with E-state index in [1.165, 1.54) is 7.11 Å². The van der Waals surface area contributed by atoms with Crippen LogP contribution in [0.15, 0.2) is 12.1 Å². The Balaban J connectivity index is 3.35. The summed E-state index contributed by atoms with van der Waals surface area (Å²) in [6.45, 7) is 0. The number of aromatic hydroxyl groups is 1. The normalized spacial score (nSPS) is 9.50. The first-order valence-corrected chi connectivity index (χ1v) is 4.29. The molecule has 1 aromatic rings. The Morgan fingerprint density at radius 1 is 1.58 bits per heavy atom. The van der Waals surface area contributed by atoms with Crippen molar-refractivity contribution in [1.29, 1.82) is 0 Å². The molecule has 0 spiro atoms. The fourth-order valence-corrected chi connectivity index (χ4v) is 1.33. The van der Waals surface area contributed by atoms with Crippen molar-refractivity contribution < 1.29 is 14.6 Å². The van der Waals surface area contributed by atoms with Crippen LogP contribution in [0.4, 0.5) is 0 Å². The minimum absolute atomic E-state index is 0.0232. The zero-order chi connectivity index (χ0) is 9.14. The molecule has 0 heterocycles. The second-order valence-electron chi connectivity index (χ2n) is 2.13. The molecule has 0 saturated heterocycles. The van der Waals surface area contributed by atoms with Gasteiger partial charge in [-0.15, -0.1) is 0 Å². The number of carbonyl (C=O) groups excluding carboxylic acids is 1. The quantitative estimate of drug-likeness (QED) is 0.663. The highest BCUT2D eigenvalue weighted by atomic mass is 127. The van der Waals surface area contributed by atoms with Crippen LogP contribution in [0, 0.1) is 3.57 Å². The molecule has 0 aliphatic carbocycles. The van der Waals surface area contributed by atoms with Crippen LogP contribution in [0.25, 0.3) is 0 Å². The lowest BCUT2D eigenvalue weighted by Crippen LogP contribution is -1.92. The van der Waals surface area contributed by atoms with Crippen LogP contribution in [0.5, 0.6) is 11.5 Å². The average Bonchev–Trinajstić information content (AvgIpc) is 2.09. The summed E-state index contributed by atoms with van der Waals surface area (Å²) in [5.41, 5.74) is 0.199. The Bertz CT molecular complexity index is 309. The largest absolute Gasteiger partial charge is 0.506 e. The Morgan fingerprint density at radius 3 is 2.75 bits per heavy atom. The van der Waals surface area contributed by atoms with Crippen LogP contribution in [0.2, 0.25) is 0 Å². The molecule has 0 saturated carbocycles. The molecule has 0 amide bonds. The van der Waals surface area contributed by atoms with Gasteiger partial charge in [-0.3, -0.25) is 4.79 Å². The molecule has 3 nitrogen and oxygen atoms in total. The molecule has 64 valence electrons. The molecule has 0 radical (unpaired) electrons. The van der Waals surface area contributed by atoms with Gasteiger partial charge in [0.25, 0.3) is 0 Å². The van der Waals surface area contributed by atoms with E-state index in [-0.39, 0.29) is 11.3 Å². The predicted octanol–water partition coefficient (Wildman–Crippen LogP) is 1.82. The molecule has 0 aromatic heterocycles. The number of rotatable bonds is 2. The van der Waals surface area contributed by atoms with Crippen molar-refractivity contribution in [3.63, 3.8) is 0 Å². The summed E-state index contributed by atoms with van der Waals surface area (Å²) < 4.78 is 5.51. The van der Waals surface area contributed by atoms with E-state index < -0.39 is 0 Å². The summed E-state index contributed by atoms with van der Waals surface area (Å²) in [5.74, 6) is 0.368. The first-order chi connectivity index (χ1) is 5.70. The van der Waals surface area contributed by atoms with Crippen molar-refractivity contribution in [2.75, 3.05) is 7.11 Å². The third-order valence-corrected chi connectivity index (χ3v) is 2.34. The Hall–Kier alpha value is -0.780. The van der Waals surface area contributed by atoms with Gasteiger partial charge >= 0.3 is 0 Å². The van der Waals surface area contributed by atoms with E-state index in [1.807, 2.05) is 22.6 Å². The number of hydrogen-bond donors (Lipinski definition) is 1. The van der Waals surface area contributed by atoms with Gasteiger partial charge < -0.3 is 9.84 Å². The van der Waals surface area contributed by atoms with Gasteiger partial charge in [-0.1, -0.05) is 0 Å². The van der Waals surface area contributed by atoms with Gasteiger partial charge in [0.1, 0.15) is 11.5 Å². The Kier molecular flexibility index (Phi) is 2.91. The molecule has 4 heteroatoms. The smallest absolute Gasteiger partial charge is 0.157 e. The zero-order valence-electron chi connectivity index (χ0n) is 6.37. The maximum atomic E-state index is 10.5. The highest BCUT2D eigenvalue weighted by molar-refractivity contribution is 14.1. The van der Waals surface area contributed by atoms with E-state index >= 15 is 0 Å². The van der Waals surface area contributed by atoms with Crippen LogP contribution >= 0.6 is 22.6 Å². The monoisotopic (exact) mass is 278 g/mol. The molecule has 0 aliphatic rings. The predicted molar refractivity (Wildman–Crippen MR) is 52.8 cm³/mol. The molecular weight excluding hydrogens is 271 g/mol. The number of phenolic OH excluding ortho intramolecular Hbond substituents is 1. The number of benzene rings is 1. The molecular formula is C8H7IO3. The lowest BCUT2D eigenvalue weighted by Gasteiger charge is -2.05. The fourth-order valence-electron chi connectivity index (χ4n) is 0.855. The third kappa shape index (κ3) is 1.52. The second-order valence-corrected chi connectivity index (χ2v) is 3.29. The van der Waals surface area contributed by atoms with Gasteiger partial charge in [-0.05, 0) is 34.7 Å². The number of methoxy groups -OCH3 is 1. The van der Waals surface area contributed by atoms with E-state index in [1.54, 1.807) is 12.1 Å². The minimum Gasteiger partial charge on any atom is -0.506 e. The standard InChI is InChI=1S/C8H7IO3/c1-12-7-3-2-6(9)8(11)5(7)4-10/h2-4,11H,1H3. The molecule has 12 heavy (non-hydrogen) atoms. The number of ether oxygens (including phenoxy) is 1. The molecule has 1 rings (SSSR count). The van der Waals surface area contributed by atoms with Gasteiger partial charge in [0, 0.05) is 0 Å². The summed E-state index contributed by atoms with van der Waals surface area (Å²) in [6.07, 6.45) is 0.580. The first-order valence-electron chi connectivity index (χ1n) is 3.21.